The van der Waals surface area contributed by atoms with Gasteiger partial charge in [-0.1, -0.05) is 6.07 Å². The fourth-order valence-corrected chi connectivity index (χ4v) is 4.29. The lowest BCUT2D eigenvalue weighted by atomic mass is 9.97. The molecule has 0 saturated carbocycles. The molecule has 0 aliphatic carbocycles. The van der Waals surface area contributed by atoms with Crippen LogP contribution in [0.15, 0.2) is 29.6 Å². The number of nitrogens with zero attached hydrogens (tertiary/aromatic N) is 1. The van der Waals surface area contributed by atoms with Gasteiger partial charge >= 0.3 is 5.97 Å². The van der Waals surface area contributed by atoms with E-state index in [0.717, 1.165) is 12.8 Å². The molecule has 2 aromatic heterocycles. The van der Waals surface area contributed by atoms with E-state index >= 15 is 0 Å². The molecule has 6 nitrogen and oxygen atoms in total. The number of anilines is 1. The first-order valence-electron chi connectivity index (χ1n) is 7.90. The first-order valence-corrected chi connectivity index (χ1v) is 9.60. The number of likely N-dealkylation sites (tertiary alicyclic amines) is 1. The lowest BCUT2D eigenvalue weighted by Gasteiger charge is -2.31. The van der Waals surface area contributed by atoms with Crippen molar-refractivity contribution in [1.29, 1.82) is 0 Å². The van der Waals surface area contributed by atoms with Crippen molar-refractivity contribution < 1.29 is 19.1 Å². The van der Waals surface area contributed by atoms with Crippen LogP contribution in [0.2, 0.25) is 0 Å². The van der Waals surface area contributed by atoms with E-state index in [1.165, 1.54) is 29.8 Å². The molecule has 0 bridgehead atoms. The Kier molecular flexibility index (Phi) is 5.50. The van der Waals surface area contributed by atoms with Crippen LogP contribution in [0.25, 0.3) is 0 Å². The molecule has 132 valence electrons. The molecule has 8 heteroatoms. The number of carbonyl (C=O) groups is 3. The molecule has 2 aromatic rings. The second-order valence-corrected chi connectivity index (χ2v) is 7.74. The summed E-state index contributed by atoms with van der Waals surface area (Å²) >= 11 is 2.59. The van der Waals surface area contributed by atoms with Gasteiger partial charge in [-0.15, -0.1) is 22.7 Å². The predicted octanol–water partition coefficient (Wildman–Crippen LogP) is 3.09. The fourth-order valence-electron chi connectivity index (χ4n) is 2.77. The molecule has 1 aliphatic rings. The molecule has 1 N–H and O–H groups in total. The van der Waals surface area contributed by atoms with Crippen LogP contribution in [0.4, 0.5) is 5.00 Å². The lowest BCUT2D eigenvalue weighted by molar-refractivity contribution is -0.121. The van der Waals surface area contributed by atoms with E-state index in [2.05, 4.69) is 10.1 Å². The molecular weight excluding hydrogens is 360 g/mol. The number of ether oxygens (including phenoxy) is 1. The number of carbonyl (C=O) groups excluding carboxylic acids is 3. The molecule has 0 spiro atoms. The Bertz CT molecular complexity index is 769. The zero-order valence-electron chi connectivity index (χ0n) is 13.7. The third kappa shape index (κ3) is 4.08. The van der Waals surface area contributed by atoms with E-state index in [4.69, 9.17) is 0 Å². The van der Waals surface area contributed by atoms with Crippen molar-refractivity contribution in [2.24, 2.45) is 5.92 Å². The summed E-state index contributed by atoms with van der Waals surface area (Å²) in [7, 11) is 1.32. The Labute approximate surface area is 153 Å². The Morgan fingerprint density at radius 3 is 2.80 bits per heavy atom. The maximum atomic E-state index is 12.5. The number of rotatable bonds is 4. The van der Waals surface area contributed by atoms with Crippen LogP contribution >= 0.6 is 22.7 Å². The quantitative estimate of drug-likeness (QED) is 0.830. The molecule has 2 amide bonds. The van der Waals surface area contributed by atoms with E-state index < -0.39 is 5.97 Å². The summed E-state index contributed by atoms with van der Waals surface area (Å²) in [5.74, 6) is -0.809. The van der Waals surface area contributed by atoms with Crippen LogP contribution in [0.1, 0.15) is 32.2 Å². The minimum absolute atomic E-state index is 0.0170. The number of esters is 1. The topological polar surface area (TPSA) is 75.7 Å². The van der Waals surface area contributed by atoms with Gasteiger partial charge in [0.15, 0.2) is 0 Å². The third-order valence-corrected chi connectivity index (χ3v) is 5.89. The summed E-state index contributed by atoms with van der Waals surface area (Å²) in [6.07, 6.45) is 1.54. The van der Waals surface area contributed by atoms with Gasteiger partial charge in [-0.25, -0.2) is 4.79 Å². The maximum absolute atomic E-state index is 12.5. The lowest BCUT2D eigenvalue weighted by Crippen LogP contribution is -2.43. The van der Waals surface area contributed by atoms with Gasteiger partial charge in [-0.3, -0.25) is 9.59 Å². The summed E-state index contributed by atoms with van der Waals surface area (Å²) < 4.78 is 4.66. The Morgan fingerprint density at radius 1 is 1.24 bits per heavy atom. The molecule has 25 heavy (non-hydrogen) atoms. The monoisotopic (exact) mass is 378 g/mol. The SMILES string of the molecule is COC(=O)c1ccc(NC(=O)C2CCCN(C(=O)c3cccs3)C2)s1. The first-order chi connectivity index (χ1) is 12.1. The maximum Gasteiger partial charge on any atom is 0.348 e. The van der Waals surface area contributed by atoms with Crippen molar-refractivity contribution in [3.8, 4) is 0 Å². The van der Waals surface area contributed by atoms with E-state index in [-0.39, 0.29) is 17.7 Å². The van der Waals surface area contributed by atoms with Crippen molar-refractivity contribution in [1.82, 2.24) is 4.90 Å². The summed E-state index contributed by atoms with van der Waals surface area (Å²) in [5, 5.41) is 5.32. The highest BCUT2D eigenvalue weighted by atomic mass is 32.1. The first kappa shape index (κ1) is 17.6. The minimum Gasteiger partial charge on any atom is -0.465 e. The number of hydrogen-bond donors (Lipinski definition) is 1. The van der Waals surface area contributed by atoms with Crippen LogP contribution in [0, 0.1) is 5.92 Å². The Balaban J connectivity index is 1.61. The van der Waals surface area contributed by atoms with Crippen LogP contribution in [0.5, 0.6) is 0 Å². The molecular formula is C17H18N2O4S2. The van der Waals surface area contributed by atoms with Crippen LogP contribution < -0.4 is 5.32 Å². The van der Waals surface area contributed by atoms with Gasteiger partial charge in [-0.2, -0.15) is 0 Å². The van der Waals surface area contributed by atoms with Crippen molar-refractivity contribution in [2.75, 3.05) is 25.5 Å². The summed E-state index contributed by atoms with van der Waals surface area (Å²) in [5.41, 5.74) is 0. The highest BCUT2D eigenvalue weighted by Gasteiger charge is 2.29. The van der Waals surface area contributed by atoms with Crippen LogP contribution in [-0.4, -0.2) is 42.9 Å². The van der Waals surface area contributed by atoms with Gasteiger partial charge in [0.05, 0.1) is 22.9 Å². The number of piperidine rings is 1. The van der Waals surface area contributed by atoms with Gasteiger partial charge in [0.25, 0.3) is 5.91 Å². The average Bonchev–Trinajstić information content (AvgIpc) is 3.32. The van der Waals surface area contributed by atoms with E-state index in [1.54, 1.807) is 23.1 Å². The molecule has 0 radical (unpaired) electrons. The number of amides is 2. The highest BCUT2D eigenvalue weighted by molar-refractivity contribution is 7.18. The van der Waals surface area contributed by atoms with Gasteiger partial charge in [-0.05, 0) is 36.4 Å². The second kappa shape index (κ2) is 7.79. The largest absolute Gasteiger partial charge is 0.465 e. The predicted molar refractivity (Wildman–Crippen MR) is 97.2 cm³/mol. The summed E-state index contributed by atoms with van der Waals surface area (Å²) in [6.45, 7) is 1.09. The molecule has 1 fully saturated rings. The zero-order chi connectivity index (χ0) is 17.8. The minimum atomic E-state index is -0.420. The van der Waals surface area contributed by atoms with Gasteiger partial charge in [0.1, 0.15) is 4.88 Å². The number of nitrogens with one attached hydrogen (secondary N) is 1. The number of hydrogen-bond acceptors (Lipinski definition) is 6. The van der Waals surface area contributed by atoms with Crippen molar-refractivity contribution in [3.05, 3.63) is 39.4 Å². The Hall–Kier alpha value is -2.19. The molecule has 1 saturated heterocycles. The fraction of sp³-hybridized carbons (Fsp3) is 0.353. The zero-order valence-corrected chi connectivity index (χ0v) is 15.3. The number of methoxy groups -OCH3 is 1. The van der Waals surface area contributed by atoms with E-state index in [9.17, 15) is 14.4 Å². The van der Waals surface area contributed by atoms with Gasteiger partial charge < -0.3 is 15.0 Å². The molecule has 1 aliphatic heterocycles. The van der Waals surface area contributed by atoms with Crippen molar-refractivity contribution in [2.45, 2.75) is 12.8 Å². The molecule has 1 unspecified atom stereocenters. The second-order valence-electron chi connectivity index (χ2n) is 5.71. The summed E-state index contributed by atoms with van der Waals surface area (Å²) in [6, 6.07) is 6.96. The third-order valence-electron chi connectivity index (χ3n) is 4.05. The number of thiophene rings is 2. The standard InChI is InChI=1S/C17H18N2O4S2/c1-23-17(22)13-6-7-14(25-13)18-15(20)11-4-2-8-19(10-11)16(21)12-5-3-9-24-12/h3,5-7,9,11H,2,4,8,10H2,1H3,(H,18,20). The van der Waals surface area contributed by atoms with Crippen molar-refractivity contribution >= 4 is 45.5 Å². The Morgan fingerprint density at radius 2 is 2.08 bits per heavy atom. The van der Waals surface area contributed by atoms with Crippen LogP contribution in [0.3, 0.4) is 0 Å². The van der Waals surface area contributed by atoms with E-state index in [1.807, 2.05) is 11.4 Å². The summed E-state index contributed by atoms with van der Waals surface area (Å²) in [4.78, 5) is 39.3. The molecule has 3 rings (SSSR count). The van der Waals surface area contributed by atoms with Crippen LogP contribution in [-0.2, 0) is 9.53 Å². The normalized spacial score (nSPS) is 17.2. The van der Waals surface area contributed by atoms with Crippen molar-refractivity contribution in [3.63, 3.8) is 0 Å². The van der Waals surface area contributed by atoms with Gasteiger partial charge in [0.2, 0.25) is 5.91 Å². The smallest absolute Gasteiger partial charge is 0.348 e. The molecule has 1 atom stereocenters. The highest BCUT2D eigenvalue weighted by Crippen LogP contribution is 2.25. The van der Waals surface area contributed by atoms with E-state index in [0.29, 0.717) is 27.8 Å². The van der Waals surface area contributed by atoms with Gasteiger partial charge in [0, 0.05) is 13.1 Å². The molecule has 0 aromatic carbocycles. The average molecular weight is 378 g/mol. The molecule has 3 heterocycles.